The van der Waals surface area contributed by atoms with Crippen molar-refractivity contribution in [3.63, 3.8) is 0 Å². The molecule has 0 aliphatic carbocycles. The lowest BCUT2D eigenvalue weighted by molar-refractivity contribution is 1.55. The highest BCUT2D eigenvalue weighted by molar-refractivity contribution is 6.20. The monoisotopic (exact) mass is 267 g/mol. The van der Waals surface area contributed by atoms with E-state index in [0.717, 1.165) is 0 Å². The molecule has 1 N–H and O–H groups in total. The van der Waals surface area contributed by atoms with Gasteiger partial charge >= 0.3 is 0 Å². The van der Waals surface area contributed by atoms with Crippen LogP contribution in [-0.4, -0.2) is 0 Å². The Morgan fingerprint density at radius 1 is 0.619 bits per heavy atom. The molecule has 0 amide bonds. The molecule has 0 saturated heterocycles. The predicted octanol–water partition coefficient (Wildman–Crippen LogP) is 5.72. The molecule has 21 heavy (non-hydrogen) atoms. The van der Waals surface area contributed by atoms with Crippen molar-refractivity contribution in [2.24, 2.45) is 0 Å². The molecule has 0 fully saturated rings. The molecular formula is C20H13N. The summed E-state index contributed by atoms with van der Waals surface area (Å²) in [6.45, 7) is 0. The Balaban J connectivity index is 2.05. The summed E-state index contributed by atoms with van der Waals surface area (Å²) < 4.78 is 0. The lowest BCUT2D eigenvalue weighted by Crippen LogP contribution is -2.01. The molecule has 4 aromatic rings. The van der Waals surface area contributed by atoms with E-state index in [0.29, 0.717) is 0 Å². The topological polar surface area (TPSA) is 12.0 Å². The van der Waals surface area contributed by atoms with Crippen molar-refractivity contribution in [2.75, 3.05) is 5.32 Å². The van der Waals surface area contributed by atoms with Crippen LogP contribution in [0.5, 0.6) is 0 Å². The molecule has 0 spiro atoms. The minimum Gasteiger partial charge on any atom is -0.354 e. The van der Waals surface area contributed by atoms with Crippen LogP contribution in [0.3, 0.4) is 0 Å². The highest BCUT2D eigenvalue weighted by Gasteiger charge is 2.19. The maximum absolute atomic E-state index is 3.65. The first kappa shape index (κ1) is 10.9. The van der Waals surface area contributed by atoms with Crippen LogP contribution < -0.4 is 5.32 Å². The fourth-order valence-corrected chi connectivity index (χ4v) is 3.44. The molecule has 0 saturated carbocycles. The molecule has 5 rings (SSSR count). The molecule has 1 nitrogen and oxygen atoms in total. The van der Waals surface area contributed by atoms with Crippen molar-refractivity contribution in [1.29, 1.82) is 0 Å². The van der Waals surface area contributed by atoms with Crippen molar-refractivity contribution in [2.45, 2.75) is 0 Å². The van der Waals surface area contributed by atoms with Gasteiger partial charge in [0.05, 0.1) is 5.69 Å². The van der Waals surface area contributed by atoms with Crippen molar-refractivity contribution >= 4 is 32.9 Å². The van der Waals surface area contributed by atoms with Crippen LogP contribution in [0, 0.1) is 0 Å². The summed E-state index contributed by atoms with van der Waals surface area (Å²) in [4.78, 5) is 0. The van der Waals surface area contributed by atoms with Crippen LogP contribution >= 0.6 is 0 Å². The van der Waals surface area contributed by atoms with Gasteiger partial charge < -0.3 is 5.32 Å². The number of benzene rings is 4. The summed E-state index contributed by atoms with van der Waals surface area (Å²) in [6, 6.07) is 26.0. The van der Waals surface area contributed by atoms with E-state index in [2.05, 4.69) is 78.1 Å². The Labute approximate surface area is 122 Å². The Morgan fingerprint density at radius 3 is 2.38 bits per heavy atom. The fraction of sp³-hybridized carbons (Fsp3) is 0. The summed E-state index contributed by atoms with van der Waals surface area (Å²) in [5.41, 5.74) is 5.03. The number of fused-ring (bicyclic) bond motifs is 4. The SMILES string of the molecule is c1ccc2c(c1)Nc1c3ccccc3cc3cccc-2c13. The first-order valence-electron chi connectivity index (χ1n) is 7.23. The maximum atomic E-state index is 3.65. The third-order valence-corrected chi connectivity index (χ3v) is 4.36. The number of anilines is 2. The van der Waals surface area contributed by atoms with Crippen molar-refractivity contribution in [1.82, 2.24) is 0 Å². The second kappa shape index (κ2) is 3.86. The Bertz CT molecular complexity index is 1010. The van der Waals surface area contributed by atoms with Crippen LogP contribution in [0.25, 0.3) is 32.7 Å². The van der Waals surface area contributed by atoms with E-state index >= 15 is 0 Å². The highest BCUT2D eigenvalue weighted by Crippen LogP contribution is 2.46. The number of rotatable bonds is 0. The normalized spacial score (nSPS) is 12.2. The van der Waals surface area contributed by atoms with Gasteiger partial charge in [0.1, 0.15) is 0 Å². The molecule has 1 aliphatic heterocycles. The van der Waals surface area contributed by atoms with Crippen molar-refractivity contribution in [3.8, 4) is 11.1 Å². The van der Waals surface area contributed by atoms with Gasteiger partial charge in [0.2, 0.25) is 0 Å². The van der Waals surface area contributed by atoms with Gasteiger partial charge in [0.25, 0.3) is 0 Å². The van der Waals surface area contributed by atoms with Gasteiger partial charge in [-0.1, -0.05) is 60.7 Å². The van der Waals surface area contributed by atoms with E-state index in [-0.39, 0.29) is 0 Å². The van der Waals surface area contributed by atoms with Gasteiger partial charge in [-0.05, 0) is 28.5 Å². The summed E-state index contributed by atoms with van der Waals surface area (Å²) in [5, 5.41) is 8.84. The summed E-state index contributed by atoms with van der Waals surface area (Å²) >= 11 is 0. The molecule has 0 atom stereocenters. The number of hydrogen-bond acceptors (Lipinski definition) is 1. The van der Waals surface area contributed by atoms with E-state index in [1.165, 1.54) is 44.0 Å². The molecule has 4 aromatic carbocycles. The van der Waals surface area contributed by atoms with E-state index in [9.17, 15) is 0 Å². The third kappa shape index (κ3) is 1.40. The van der Waals surface area contributed by atoms with Crippen LogP contribution in [0.4, 0.5) is 11.4 Å². The summed E-state index contributed by atoms with van der Waals surface area (Å²) in [7, 11) is 0. The molecule has 0 bridgehead atoms. The van der Waals surface area contributed by atoms with Crippen LogP contribution in [0.1, 0.15) is 0 Å². The molecular weight excluding hydrogens is 254 g/mol. The number of hydrogen-bond donors (Lipinski definition) is 1. The number of nitrogens with one attached hydrogen (secondary N) is 1. The van der Waals surface area contributed by atoms with Gasteiger partial charge in [-0.2, -0.15) is 0 Å². The van der Waals surface area contributed by atoms with Crippen LogP contribution in [0.15, 0.2) is 72.8 Å². The van der Waals surface area contributed by atoms with Crippen molar-refractivity contribution in [3.05, 3.63) is 72.8 Å². The van der Waals surface area contributed by atoms with Crippen molar-refractivity contribution < 1.29 is 0 Å². The van der Waals surface area contributed by atoms with E-state index < -0.39 is 0 Å². The largest absolute Gasteiger partial charge is 0.354 e. The predicted molar refractivity (Wildman–Crippen MR) is 90.2 cm³/mol. The average Bonchev–Trinajstić information content (AvgIpc) is 2.55. The first-order valence-corrected chi connectivity index (χ1v) is 7.23. The molecule has 0 unspecified atom stereocenters. The molecule has 1 heterocycles. The van der Waals surface area contributed by atoms with Gasteiger partial charge in [0.15, 0.2) is 0 Å². The molecule has 1 aliphatic rings. The molecule has 98 valence electrons. The van der Waals surface area contributed by atoms with Gasteiger partial charge in [-0.15, -0.1) is 0 Å². The average molecular weight is 267 g/mol. The standard InChI is InChI=1S/C20H13N/c1-2-8-15-13(6-1)12-14-7-5-10-17-16-9-3-4-11-18(16)21-20(15)19(14)17/h1-12,21H. The fourth-order valence-electron chi connectivity index (χ4n) is 3.44. The zero-order valence-corrected chi connectivity index (χ0v) is 11.4. The Kier molecular flexibility index (Phi) is 2.01. The third-order valence-electron chi connectivity index (χ3n) is 4.36. The molecule has 1 heteroatoms. The quantitative estimate of drug-likeness (QED) is 0.354. The van der Waals surface area contributed by atoms with Gasteiger partial charge in [0, 0.05) is 22.0 Å². The summed E-state index contributed by atoms with van der Waals surface area (Å²) in [6.07, 6.45) is 0. The maximum Gasteiger partial charge on any atom is 0.0550 e. The highest BCUT2D eigenvalue weighted by atomic mass is 14.9. The Morgan fingerprint density at radius 2 is 1.38 bits per heavy atom. The first-order chi connectivity index (χ1) is 10.4. The van der Waals surface area contributed by atoms with E-state index in [4.69, 9.17) is 0 Å². The second-order valence-corrected chi connectivity index (χ2v) is 5.55. The molecule has 0 aromatic heterocycles. The van der Waals surface area contributed by atoms with E-state index in [1.54, 1.807) is 0 Å². The molecule has 0 radical (unpaired) electrons. The number of para-hydroxylation sites is 1. The minimum atomic E-state index is 1.19. The van der Waals surface area contributed by atoms with Gasteiger partial charge in [-0.25, -0.2) is 0 Å². The second-order valence-electron chi connectivity index (χ2n) is 5.55. The van der Waals surface area contributed by atoms with Crippen LogP contribution in [-0.2, 0) is 0 Å². The van der Waals surface area contributed by atoms with E-state index in [1.807, 2.05) is 0 Å². The lowest BCUT2D eigenvalue weighted by Gasteiger charge is -2.23. The van der Waals surface area contributed by atoms with Crippen LogP contribution in [0.2, 0.25) is 0 Å². The lowest BCUT2D eigenvalue weighted by atomic mass is 9.90. The Hall–Kier alpha value is -2.80. The van der Waals surface area contributed by atoms with Gasteiger partial charge in [-0.3, -0.25) is 0 Å². The summed E-state index contributed by atoms with van der Waals surface area (Å²) in [5.74, 6) is 0. The minimum absolute atomic E-state index is 1.19. The zero-order chi connectivity index (χ0) is 13.8. The zero-order valence-electron chi connectivity index (χ0n) is 11.4. The smallest absolute Gasteiger partial charge is 0.0550 e.